The van der Waals surface area contributed by atoms with Gasteiger partial charge in [-0.15, -0.1) is 0 Å². The Bertz CT molecular complexity index is 452. The van der Waals surface area contributed by atoms with Crippen molar-refractivity contribution in [1.29, 1.82) is 0 Å². The van der Waals surface area contributed by atoms with Crippen LogP contribution in [0.4, 0.5) is 0 Å². The number of nitrogens with zero attached hydrogens (tertiary/aromatic N) is 1. The maximum atomic E-state index is 2.46. The normalized spacial score (nSPS) is 11.2. The van der Waals surface area contributed by atoms with Gasteiger partial charge in [-0.25, -0.2) is 4.57 Å². The molecule has 1 aromatic rings. The second-order valence-electron chi connectivity index (χ2n) is 8.48. The Morgan fingerprint density at radius 3 is 1.56 bits per heavy atom. The van der Waals surface area contributed by atoms with Gasteiger partial charge in [-0.2, -0.15) is 0 Å². The Kier molecular flexibility index (Phi) is 15.5. The van der Waals surface area contributed by atoms with E-state index in [9.17, 15) is 0 Å². The lowest BCUT2D eigenvalue weighted by Gasteiger charge is -2.09. The highest BCUT2D eigenvalue weighted by molar-refractivity contribution is 5.21. The van der Waals surface area contributed by atoms with Crippen LogP contribution in [0.2, 0.25) is 0 Å². The summed E-state index contributed by atoms with van der Waals surface area (Å²) in [6.07, 6.45) is 28.2. The fraction of sp³-hybridized carbons (Fsp3) is 0.808. The molecule has 0 aromatic carbocycles. The summed E-state index contributed by atoms with van der Waals surface area (Å²) in [7, 11) is 0. The van der Waals surface area contributed by atoms with E-state index >= 15 is 0 Å². The van der Waals surface area contributed by atoms with Gasteiger partial charge in [0.1, 0.15) is 6.54 Å². The molecule has 0 saturated carbocycles. The molecule has 1 heteroatoms. The van der Waals surface area contributed by atoms with E-state index in [0.29, 0.717) is 0 Å². The lowest BCUT2D eigenvalue weighted by Crippen LogP contribution is -2.33. The molecule has 1 nitrogen and oxygen atoms in total. The summed E-state index contributed by atoms with van der Waals surface area (Å²) >= 11 is 0. The van der Waals surface area contributed by atoms with E-state index in [1.54, 1.807) is 11.1 Å². The molecule has 0 N–H and O–H groups in total. The number of pyridine rings is 1. The summed E-state index contributed by atoms with van der Waals surface area (Å²) in [5.41, 5.74) is 3.26. The maximum Gasteiger partial charge on any atom is 0.172 e. The zero-order valence-corrected chi connectivity index (χ0v) is 18.9. The van der Waals surface area contributed by atoms with E-state index in [-0.39, 0.29) is 0 Å². The third-order valence-electron chi connectivity index (χ3n) is 5.78. The molecule has 0 aliphatic rings. The van der Waals surface area contributed by atoms with E-state index in [1.165, 1.54) is 109 Å². The molecule has 0 atom stereocenters. The van der Waals surface area contributed by atoms with Gasteiger partial charge < -0.3 is 0 Å². The van der Waals surface area contributed by atoms with Crippen LogP contribution in [0.3, 0.4) is 0 Å². The largest absolute Gasteiger partial charge is 0.205 e. The highest BCUT2D eigenvalue weighted by atomic mass is 14.9. The van der Waals surface area contributed by atoms with Crippen molar-refractivity contribution in [2.45, 2.75) is 136 Å². The van der Waals surface area contributed by atoms with Crippen molar-refractivity contribution < 1.29 is 4.57 Å². The molecule has 0 unspecified atom stereocenters. The zero-order chi connectivity index (χ0) is 19.6. The first kappa shape index (κ1) is 24.2. The number of unbranched alkanes of at least 4 members (excludes halogenated alkanes) is 12. The first-order valence-corrected chi connectivity index (χ1v) is 12.3. The molecule has 156 valence electrons. The Labute approximate surface area is 171 Å². The Morgan fingerprint density at radius 1 is 0.556 bits per heavy atom. The van der Waals surface area contributed by atoms with Crippen molar-refractivity contribution in [3.8, 4) is 0 Å². The van der Waals surface area contributed by atoms with Gasteiger partial charge in [0.25, 0.3) is 0 Å². The molecule has 0 aliphatic heterocycles. The Balaban J connectivity index is 2.38. The molecule has 0 radical (unpaired) electrons. The van der Waals surface area contributed by atoms with Crippen molar-refractivity contribution in [2.24, 2.45) is 0 Å². The summed E-state index contributed by atoms with van der Waals surface area (Å²) in [6, 6.07) is 2.42. The summed E-state index contributed by atoms with van der Waals surface area (Å²) in [6.45, 7) is 8.03. The summed E-state index contributed by atoms with van der Waals surface area (Å²) < 4.78 is 2.41. The molecule has 1 rings (SSSR count). The molecule has 1 heterocycles. The summed E-state index contributed by atoms with van der Waals surface area (Å²) in [5, 5.41) is 0. The fourth-order valence-electron chi connectivity index (χ4n) is 4.03. The molecule has 0 fully saturated rings. The SMILES string of the molecule is CCCCCCCCCc1cc[n+](CCC)cc1CCCCCCCCC. The van der Waals surface area contributed by atoms with Crippen molar-refractivity contribution in [3.05, 3.63) is 29.6 Å². The van der Waals surface area contributed by atoms with Crippen molar-refractivity contribution in [1.82, 2.24) is 0 Å². The fourth-order valence-corrected chi connectivity index (χ4v) is 4.03. The predicted molar refractivity (Wildman–Crippen MR) is 120 cm³/mol. The highest BCUT2D eigenvalue weighted by Gasteiger charge is 2.09. The van der Waals surface area contributed by atoms with Gasteiger partial charge in [0.2, 0.25) is 0 Å². The molecule has 0 bridgehead atoms. The molecular weight excluding hydrogens is 326 g/mol. The minimum atomic E-state index is 1.15. The van der Waals surface area contributed by atoms with Crippen LogP contribution in [0.1, 0.15) is 128 Å². The standard InChI is InChI=1S/C26H48N/c1-4-7-9-11-13-15-17-19-25-21-23-27(22-6-3)24-26(25)20-18-16-14-12-10-8-5-2/h21,23-24H,4-20,22H2,1-3H3/q+1. The number of rotatable bonds is 18. The van der Waals surface area contributed by atoms with Crippen LogP contribution < -0.4 is 4.57 Å². The van der Waals surface area contributed by atoms with Crippen molar-refractivity contribution in [3.63, 3.8) is 0 Å². The van der Waals surface area contributed by atoms with Crippen molar-refractivity contribution in [2.75, 3.05) is 0 Å². The quantitative estimate of drug-likeness (QED) is 0.181. The van der Waals surface area contributed by atoms with E-state index in [2.05, 4.69) is 43.8 Å². The second kappa shape index (κ2) is 17.3. The molecule has 1 aromatic heterocycles. The van der Waals surface area contributed by atoms with Gasteiger partial charge in [-0.05, 0) is 31.2 Å². The molecule has 0 aliphatic carbocycles. The monoisotopic (exact) mass is 374 g/mol. The maximum absolute atomic E-state index is 2.46. The van der Waals surface area contributed by atoms with Crippen LogP contribution in [-0.2, 0) is 19.4 Å². The summed E-state index contributed by atoms with van der Waals surface area (Å²) in [4.78, 5) is 0. The van der Waals surface area contributed by atoms with Crippen LogP contribution in [-0.4, -0.2) is 0 Å². The van der Waals surface area contributed by atoms with Gasteiger partial charge in [-0.1, -0.05) is 97.8 Å². The molecule has 0 amide bonds. The lowest BCUT2D eigenvalue weighted by molar-refractivity contribution is -0.697. The minimum Gasteiger partial charge on any atom is -0.205 e. The van der Waals surface area contributed by atoms with Gasteiger partial charge >= 0.3 is 0 Å². The van der Waals surface area contributed by atoms with E-state index < -0.39 is 0 Å². The predicted octanol–water partition coefficient (Wildman–Crippen LogP) is 7.97. The first-order valence-electron chi connectivity index (χ1n) is 12.3. The van der Waals surface area contributed by atoms with Crippen LogP contribution in [0.25, 0.3) is 0 Å². The van der Waals surface area contributed by atoms with Gasteiger partial charge in [-0.3, -0.25) is 0 Å². The van der Waals surface area contributed by atoms with E-state index in [1.807, 2.05) is 0 Å². The number of hydrogen-bond acceptors (Lipinski definition) is 0. The van der Waals surface area contributed by atoms with E-state index in [0.717, 1.165) is 6.54 Å². The number of hydrogen-bond donors (Lipinski definition) is 0. The molecule has 27 heavy (non-hydrogen) atoms. The Morgan fingerprint density at radius 2 is 1.04 bits per heavy atom. The van der Waals surface area contributed by atoms with Crippen molar-refractivity contribution >= 4 is 0 Å². The van der Waals surface area contributed by atoms with Gasteiger partial charge in [0.05, 0.1) is 0 Å². The van der Waals surface area contributed by atoms with Crippen LogP contribution in [0, 0.1) is 0 Å². The average Bonchev–Trinajstić information content (AvgIpc) is 2.68. The first-order chi connectivity index (χ1) is 13.3. The number of aromatic nitrogens is 1. The van der Waals surface area contributed by atoms with Gasteiger partial charge in [0, 0.05) is 18.1 Å². The topological polar surface area (TPSA) is 3.88 Å². The van der Waals surface area contributed by atoms with Crippen LogP contribution in [0.5, 0.6) is 0 Å². The lowest BCUT2D eigenvalue weighted by atomic mass is 9.98. The zero-order valence-electron chi connectivity index (χ0n) is 18.9. The third kappa shape index (κ3) is 12.3. The molecule has 0 spiro atoms. The minimum absolute atomic E-state index is 1.15. The average molecular weight is 375 g/mol. The van der Waals surface area contributed by atoms with Crippen LogP contribution in [0.15, 0.2) is 18.5 Å². The smallest absolute Gasteiger partial charge is 0.172 e. The van der Waals surface area contributed by atoms with Crippen LogP contribution >= 0.6 is 0 Å². The molecular formula is C26H48N+. The number of aryl methyl sites for hydroxylation is 3. The molecule has 0 saturated heterocycles. The highest BCUT2D eigenvalue weighted by Crippen LogP contribution is 2.16. The summed E-state index contributed by atoms with van der Waals surface area (Å²) in [5.74, 6) is 0. The van der Waals surface area contributed by atoms with E-state index in [4.69, 9.17) is 0 Å². The Hall–Kier alpha value is -0.850. The second-order valence-corrected chi connectivity index (χ2v) is 8.48. The third-order valence-corrected chi connectivity index (χ3v) is 5.78. The van der Waals surface area contributed by atoms with Gasteiger partial charge in [0.15, 0.2) is 12.4 Å².